The first-order valence-electron chi connectivity index (χ1n) is 9.42. The minimum absolute atomic E-state index is 0.149. The van der Waals surface area contributed by atoms with Crippen molar-refractivity contribution in [2.75, 3.05) is 12.4 Å². The van der Waals surface area contributed by atoms with Crippen LogP contribution >= 0.6 is 0 Å². The molecule has 8 heteroatoms. The Morgan fingerprint density at radius 2 is 1.79 bits per heavy atom. The molecule has 1 N–H and O–H groups in total. The van der Waals surface area contributed by atoms with Crippen molar-refractivity contribution in [3.8, 4) is 5.75 Å². The number of aryl methyl sites for hydroxylation is 1. The zero-order valence-corrected chi connectivity index (χ0v) is 16.3. The first-order chi connectivity index (χ1) is 14.1. The largest absolute Gasteiger partial charge is 0.495 e. The maximum atomic E-state index is 13.1. The van der Waals surface area contributed by atoms with Gasteiger partial charge in [0.25, 0.3) is 5.56 Å². The molecule has 29 heavy (non-hydrogen) atoms. The summed E-state index contributed by atoms with van der Waals surface area (Å²) in [4.78, 5) is 25.8. The van der Waals surface area contributed by atoms with Crippen molar-refractivity contribution in [3.05, 3.63) is 64.7 Å². The normalized spacial score (nSPS) is 11.1. The molecule has 0 saturated heterocycles. The van der Waals surface area contributed by atoms with E-state index in [-0.39, 0.29) is 23.7 Å². The zero-order valence-electron chi connectivity index (χ0n) is 16.3. The lowest BCUT2D eigenvalue weighted by Crippen LogP contribution is -2.29. The Balaban J connectivity index is 1.78. The maximum absolute atomic E-state index is 13.1. The fourth-order valence-corrected chi connectivity index (χ4v) is 3.44. The van der Waals surface area contributed by atoms with Crippen LogP contribution in [0.2, 0.25) is 0 Å². The van der Waals surface area contributed by atoms with Crippen LogP contribution in [-0.4, -0.2) is 32.2 Å². The van der Waals surface area contributed by atoms with Crippen molar-refractivity contribution in [1.29, 1.82) is 0 Å². The van der Waals surface area contributed by atoms with E-state index in [2.05, 4.69) is 15.5 Å². The van der Waals surface area contributed by atoms with Crippen LogP contribution < -0.4 is 15.6 Å². The molecule has 2 aromatic heterocycles. The van der Waals surface area contributed by atoms with Gasteiger partial charge in [0, 0.05) is 6.42 Å². The number of rotatable bonds is 6. The van der Waals surface area contributed by atoms with Gasteiger partial charge < -0.3 is 10.1 Å². The number of para-hydroxylation sites is 4. The van der Waals surface area contributed by atoms with E-state index in [9.17, 15) is 9.59 Å². The third-order valence-corrected chi connectivity index (χ3v) is 4.74. The highest BCUT2D eigenvalue weighted by molar-refractivity contribution is 5.93. The van der Waals surface area contributed by atoms with E-state index >= 15 is 0 Å². The average molecular weight is 391 g/mol. The molecule has 2 aromatic carbocycles. The number of hydrogen-bond acceptors (Lipinski definition) is 5. The molecule has 0 unspecified atom stereocenters. The fraction of sp³-hybridized carbons (Fsp3) is 0.238. The quantitative estimate of drug-likeness (QED) is 0.546. The van der Waals surface area contributed by atoms with Gasteiger partial charge in [-0.3, -0.25) is 18.6 Å². The molecule has 4 aromatic rings. The van der Waals surface area contributed by atoms with Crippen molar-refractivity contribution in [2.24, 2.45) is 0 Å². The summed E-state index contributed by atoms with van der Waals surface area (Å²) >= 11 is 0. The zero-order chi connectivity index (χ0) is 20.4. The van der Waals surface area contributed by atoms with Crippen molar-refractivity contribution in [3.63, 3.8) is 0 Å². The molecule has 0 saturated carbocycles. The SMILES string of the molecule is CCCc1nnc2c(=O)n(CC(=O)Nc3ccccc3OC)c3ccccc3n12. The van der Waals surface area contributed by atoms with Gasteiger partial charge in [-0.1, -0.05) is 31.2 Å². The summed E-state index contributed by atoms with van der Waals surface area (Å²) in [5.41, 5.74) is 1.86. The van der Waals surface area contributed by atoms with Crippen LogP contribution in [0.25, 0.3) is 16.7 Å². The number of carbonyl (C=O) groups excluding carboxylic acids is 1. The van der Waals surface area contributed by atoms with Crippen LogP contribution in [0.1, 0.15) is 19.2 Å². The van der Waals surface area contributed by atoms with E-state index in [1.54, 1.807) is 22.6 Å². The molecule has 0 aliphatic carbocycles. The molecule has 4 rings (SSSR count). The predicted octanol–water partition coefficient (Wildman–Crippen LogP) is 2.64. The van der Waals surface area contributed by atoms with Gasteiger partial charge in [0.1, 0.15) is 18.1 Å². The van der Waals surface area contributed by atoms with Gasteiger partial charge in [0.2, 0.25) is 11.6 Å². The first kappa shape index (κ1) is 18.7. The highest BCUT2D eigenvalue weighted by Crippen LogP contribution is 2.23. The topological polar surface area (TPSA) is 90.5 Å². The van der Waals surface area contributed by atoms with E-state index < -0.39 is 0 Å². The minimum Gasteiger partial charge on any atom is -0.495 e. The average Bonchev–Trinajstić information content (AvgIpc) is 3.16. The lowest BCUT2D eigenvalue weighted by molar-refractivity contribution is -0.116. The smallest absolute Gasteiger partial charge is 0.297 e. The molecule has 0 radical (unpaired) electrons. The predicted molar refractivity (Wildman–Crippen MR) is 110 cm³/mol. The van der Waals surface area contributed by atoms with E-state index in [0.29, 0.717) is 23.4 Å². The first-order valence-corrected chi connectivity index (χ1v) is 9.42. The molecule has 1 amide bonds. The summed E-state index contributed by atoms with van der Waals surface area (Å²) in [5, 5.41) is 11.1. The standard InChI is InChI=1S/C21H21N5O3/c1-3-8-18-23-24-20-21(28)25(15-10-5-6-11-16(15)26(18)20)13-19(27)22-14-9-4-7-12-17(14)29-2/h4-7,9-12H,3,8,13H2,1-2H3,(H,22,27). The van der Waals surface area contributed by atoms with Gasteiger partial charge in [0.15, 0.2) is 0 Å². The van der Waals surface area contributed by atoms with E-state index in [1.807, 2.05) is 37.3 Å². The van der Waals surface area contributed by atoms with E-state index in [1.165, 1.54) is 11.7 Å². The number of carbonyl (C=O) groups is 1. The molecular formula is C21H21N5O3. The third-order valence-electron chi connectivity index (χ3n) is 4.74. The summed E-state index contributed by atoms with van der Waals surface area (Å²) in [6.45, 7) is 1.90. The lowest BCUT2D eigenvalue weighted by atomic mass is 10.2. The van der Waals surface area contributed by atoms with Crippen LogP contribution in [0.5, 0.6) is 5.75 Å². The van der Waals surface area contributed by atoms with Crippen LogP contribution in [0.4, 0.5) is 5.69 Å². The summed E-state index contributed by atoms with van der Waals surface area (Å²) < 4.78 is 8.49. The molecule has 8 nitrogen and oxygen atoms in total. The Bertz CT molecular complexity index is 1260. The van der Waals surface area contributed by atoms with E-state index in [0.717, 1.165) is 17.8 Å². The molecule has 0 bridgehead atoms. The molecule has 148 valence electrons. The van der Waals surface area contributed by atoms with Gasteiger partial charge in [-0.05, 0) is 30.7 Å². The van der Waals surface area contributed by atoms with Crippen LogP contribution in [-0.2, 0) is 17.8 Å². The highest BCUT2D eigenvalue weighted by atomic mass is 16.5. The number of benzene rings is 2. The van der Waals surface area contributed by atoms with Crippen LogP contribution in [0.15, 0.2) is 53.3 Å². The maximum Gasteiger partial charge on any atom is 0.297 e. The fourth-order valence-electron chi connectivity index (χ4n) is 3.44. The molecule has 0 aliphatic heterocycles. The number of aromatic nitrogens is 4. The molecular weight excluding hydrogens is 370 g/mol. The summed E-state index contributed by atoms with van der Waals surface area (Å²) in [5.74, 6) is 0.955. The number of methoxy groups -OCH3 is 1. The Morgan fingerprint density at radius 1 is 1.07 bits per heavy atom. The summed E-state index contributed by atoms with van der Waals surface area (Å²) in [6, 6.07) is 14.6. The molecule has 2 heterocycles. The second-order valence-corrected chi connectivity index (χ2v) is 6.65. The Hall–Kier alpha value is -3.68. The summed E-state index contributed by atoms with van der Waals surface area (Å²) in [6.07, 6.45) is 1.60. The van der Waals surface area contributed by atoms with Gasteiger partial charge in [-0.2, -0.15) is 0 Å². The van der Waals surface area contributed by atoms with Crippen molar-refractivity contribution < 1.29 is 9.53 Å². The number of nitrogens with zero attached hydrogens (tertiary/aromatic N) is 4. The Labute approximate surface area is 166 Å². The van der Waals surface area contributed by atoms with Gasteiger partial charge in [0.05, 0.1) is 23.8 Å². The molecule has 0 atom stereocenters. The van der Waals surface area contributed by atoms with Crippen molar-refractivity contribution in [1.82, 2.24) is 19.2 Å². The number of hydrogen-bond donors (Lipinski definition) is 1. The summed E-state index contributed by atoms with van der Waals surface area (Å²) in [7, 11) is 1.54. The number of nitrogens with one attached hydrogen (secondary N) is 1. The number of ether oxygens (including phenoxy) is 1. The van der Waals surface area contributed by atoms with Gasteiger partial charge in [-0.25, -0.2) is 0 Å². The van der Waals surface area contributed by atoms with Gasteiger partial charge in [-0.15, -0.1) is 10.2 Å². The molecule has 0 aliphatic rings. The molecule has 0 fully saturated rings. The highest BCUT2D eigenvalue weighted by Gasteiger charge is 2.18. The van der Waals surface area contributed by atoms with Crippen LogP contribution in [0.3, 0.4) is 0 Å². The Kier molecular flexibility index (Phi) is 4.99. The monoisotopic (exact) mass is 391 g/mol. The minimum atomic E-state index is -0.353. The van der Waals surface area contributed by atoms with Crippen LogP contribution in [0, 0.1) is 0 Å². The Morgan fingerprint density at radius 3 is 2.55 bits per heavy atom. The van der Waals surface area contributed by atoms with Gasteiger partial charge >= 0.3 is 0 Å². The van der Waals surface area contributed by atoms with Crippen molar-refractivity contribution >= 4 is 28.3 Å². The molecule has 0 spiro atoms. The lowest BCUT2D eigenvalue weighted by Gasteiger charge is -2.14. The van der Waals surface area contributed by atoms with E-state index in [4.69, 9.17) is 4.74 Å². The van der Waals surface area contributed by atoms with Crippen molar-refractivity contribution in [2.45, 2.75) is 26.3 Å². The number of anilines is 1. The number of amides is 1. The number of fused-ring (bicyclic) bond motifs is 3. The second kappa shape index (κ2) is 7.75. The third kappa shape index (κ3) is 3.33. The second-order valence-electron chi connectivity index (χ2n) is 6.65.